The van der Waals surface area contributed by atoms with Crippen molar-refractivity contribution < 1.29 is 14.4 Å². The lowest BCUT2D eigenvalue weighted by molar-refractivity contribution is -0.115. The molecule has 0 atom stereocenters. The number of rotatable bonds is 8. The summed E-state index contributed by atoms with van der Waals surface area (Å²) >= 11 is 0. The molecular weight excluding hydrogens is 462 g/mol. The Bertz CT molecular complexity index is 1440. The molecule has 0 aliphatic carbocycles. The molecule has 4 rings (SSSR count). The first-order valence-electron chi connectivity index (χ1n) is 11.8. The van der Waals surface area contributed by atoms with Crippen molar-refractivity contribution >= 4 is 40.7 Å². The number of anilines is 3. The van der Waals surface area contributed by atoms with Crippen LogP contribution in [0.4, 0.5) is 17.1 Å². The third kappa shape index (κ3) is 7.02. The van der Waals surface area contributed by atoms with Crippen LogP contribution in [0, 0.1) is 6.92 Å². The predicted molar refractivity (Wildman–Crippen MR) is 148 cm³/mol. The van der Waals surface area contributed by atoms with E-state index in [4.69, 9.17) is 5.73 Å². The Balaban J connectivity index is 1.55. The Morgan fingerprint density at radius 1 is 0.811 bits per heavy atom. The first-order valence-corrected chi connectivity index (χ1v) is 11.8. The fourth-order valence-electron chi connectivity index (χ4n) is 3.71. The van der Waals surface area contributed by atoms with Crippen molar-refractivity contribution in [1.82, 2.24) is 0 Å². The summed E-state index contributed by atoms with van der Waals surface area (Å²) in [5.74, 6) is -0.861. The summed E-state index contributed by atoms with van der Waals surface area (Å²) in [5.41, 5.74) is 10.7. The van der Waals surface area contributed by atoms with Gasteiger partial charge in [-0.2, -0.15) is 0 Å². The quantitative estimate of drug-likeness (QED) is 0.169. The number of nitrogen functional groups attached to an aromatic ring is 1. The van der Waals surface area contributed by atoms with Gasteiger partial charge in [0.1, 0.15) is 0 Å². The van der Waals surface area contributed by atoms with E-state index >= 15 is 0 Å². The van der Waals surface area contributed by atoms with Crippen LogP contribution in [-0.2, 0) is 16.0 Å². The summed E-state index contributed by atoms with van der Waals surface area (Å²) in [6, 6.07) is 28.5. The van der Waals surface area contributed by atoms with Gasteiger partial charge >= 0.3 is 0 Å². The van der Waals surface area contributed by atoms with Gasteiger partial charge in [0.25, 0.3) is 0 Å². The Morgan fingerprint density at radius 3 is 2.22 bits per heavy atom. The van der Waals surface area contributed by atoms with Gasteiger partial charge in [0.2, 0.25) is 11.8 Å². The molecule has 0 radical (unpaired) electrons. The van der Waals surface area contributed by atoms with Gasteiger partial charge in [-0.1, -0.05) is 72.3 Å². The van der Waals surface area contributed by atoms with E-state index in [0.29, 0.717) is 22.6 Å². The number of aryl methyl sites for hydroxylation is 1. The molecule has 37 heavy (non-hydrogen) atoms. The average Bonchev–Trinajstić information content (AvgIpc) is 2.90. The molecule has 2 amide bonds. The molecule has 0 spiro atoms. The number of carbonyl (C=O) groups excluding carboxylic acids is 3. The monoisotopic (exact) mass is 489 g/mol. The van der Waals surface area contributed by atoms with Crippen LogP contribution in [0.2, 0.25) is 0 Å². The molecule has 184 valence electrons. The predicted octanol–water partition coefficient (Wildman–Crippen LogP) is 5.64. The van der Waals surface area contributed by atoms with Gasteiger partial charge < -0.3 is 16.4 Å². The maximum atomic E-state index is 13.3. The van der Waals surface area contributed by atoms with Crippen molar-refractivity contribution in [2.45, 2.75) is 13.3 Å². The van der Waals surface area contributed by atoms with Crippen LogP contribution in [0.25, 0.3) is 6.08 Å². The van der Waals surface area contributed by atoms with Gasteiger partial charge in [0, 0.05) is 28.6 Å². The second-order valence-corrected chi connectivity index (χ2v) is 8.66. The molecular formula is C31H27N3O3. The SMILES string of the molecule is Cc1ccc(CC(=O)Nc2ccc(NC(=O)/C=C/c3ccc(N)cc3)cc2C(=O)c2ccccc2)cc1. The second-order valence-electron chi connectivity index (χ2n) is 8.66. The molecule has 6 nitrogen and oxygen atoms in total. The summed E-state index contributed by atoms with van der Waals surface area (Å²) in [4.78, 5) is 38.6. The van der Waals surface area contributed by atoms with E-state index in [0.717, 1.165) is 16.7 Å². The number of benzene rings is 4. The number of ketones is 1. The van der Waals surface area contributed by atoms with Crippen LogP contribution < -0.4 is 16.4 Å². The number of nitrogens with two attached hydrogens (primary N) is 1. The van der Waals surface area contributed by atoms with Crippen LogP contribution in [-0.4, -0.2) is 17.6 Å². The van der Waals surface area contributed by atoms with Crippen molar-refractivity contribution in [3.8, 4) is 0 Å². The van der Waals surface area contributed by atoms with Crippen LogP contribution >= 0.6 is 0 Å². The first kappa shape index (κ1) is 25.1. The second kappa shape index (κ2) is 11.6. The maximum Gasteiger partial charge on any atom is 0.248 e. The van der Waals surface area contributed by atoms with E-state index in [1.807, 2.05) is 49.4 Å². The third-order valence-corrected chi connectivity index (χ3v) is 5.69. The fraction of sp³-hybridized carbons (Fsp3) is 0.0645. The molecule has 0 saturated heterocycles. The molecule has 4 aromatic rings. The van der Waals surface area contributed by atoms with Gasteiger partial charge in [-0.3, -0.25) is 14.4 Å². The zero-order valence-corrected chi connectivity index (χ0v) is 20.4. The highest BCUT2D eigenvalue weighted by atomic mass is 16.2. The van der Waals surface area contributed by atoms with Crippen molar-refractivity contribution in [2.24, 2.45) is 0 Å². The lowest BCUT2D eigenvalue weighted by atomic mass is 10.0. The summed E-state index contributed by atoms with van der Waals surface area (Å²) in [5, 5.41) is 5.64. The van der Waals surface area contributed by atoms with E-state index in [1.54, 1.807) is 60.7 Å². The molecule has 0 fully saturated rings. The summed E-state index contributed by atoms with van der Waals surface area (Å²) in [6.07, 6.45) is 3.25. The van der Waals surface area contributed by atoms with E-state index in [-0.39, 0.29) is 29.6 Å². The molecule has 0 aliphatic rings. The standard InChI is InChI=1S/C31H27N3O3/c1-21-7-9-23(10-8-21)19-30(36)34-28-17-16-26(20-27(28)31(37)24-5-3-2-4-6-24)33-29(35)18-13-22-11-14-25(32)15-12-22/h2-18,20H,19,32H2,1H3,(H,33,35)(H,34,36)/b18-13+. The molecule has 0 unspecified atom stereocenters. The third-order valence-electron chi connectivity index (χ3n) is 5.69. The smallest absolute Gasteiger partial charge is 0.248 e. The Kier molecular flexibility index (Phi) is 7.91. The first-order chi connectivity index (χ1) is 17.9. The Hall–Kier alpha value is -4.97. The minimum Gasteiger partial charge on any atom is -0.399 e. The van der Waals surface area contributed by atoms with Gasteiger partial charge in [-0.25, -0.2) is 0 Å². The van der Waals surface area contributed by atoms with E-state index in [2.05, 4.69) is 10.6 Å². The van der Waals surface area contributed by atoms with Crippen molar-refractivity contribution in [2.75, 3.05) is 16.4 Å². The number of hydrogen-bond acceptors (Lipinski definition) is 4. The molecule has 4 N–H and O–H groups in total. The van der Waals surface area contributed by atoms with Crippen LogP contribution in [0.15, 0.2) is 103 Å². The molecule has 0 saturated carbocycles. The summed E-state index contributed by atoms with van der Waals surface area (Å²) in [6.45, 7) is 1.99. The Morgan fingerprint density at radius 2 is 1.51 bits per heavy atom. The summed E-state index contributed by atoms with van der Waals surface area (Å²) in [7, 11) is 0. The molecule has 0 aromatic heterocycles. The summed E-state index contributed by atoms with van der Waals surface area (Å²) < 4.78 is 0. The molecule has 6 heteroatoms. The zero-order chi connectivity index (χ0) is 26.2. The van der Waals surface area contributed by atoms with Crippen molar-refractivity contribution in [3.63, 3.8) is 0 Å². The highest BCUT2D eigenvalue weighted by Crippen LogP contribution is 2.24. The van der Waals surface area contributed by atoms with Crippen molar-refractivity contribution in [3.05, 3.63) is 131 Å². The average molecular weight is 490 g/mol. The fourth-order valence-corrected chi connectivity index (χ4v) is 3.71. The Labute approximate surface area is 215 Å². The van der Waals surface area contributed by atoms with Crippen LogP contribution in [0.3, 0.4) is 0 Å². The van der Waals surface area contributed by atoms with Gasteiger partial charge in [-0.05, 0) is 54.5 Å². The van der Waals surface area contributed by atoms with Crippen LogP contribution in [0.1, 0.15) is 32.6 Å². The maximum absolute atomic E-state index is 13.3. The lowest BCUT2D eigenvalue weighted by Crippen LogP contribution is -2.18. The van der Waals surface area contributed by atoms with Crippen LogP contribution in [0.5, 0.6) is 0 Å². The zero-order valence-electron chi connectivity index (χ0n) is 20.4. The normalized spacial score (nSPS) is 10.7. The minimum absolute atomic E-state index is 0.174. The number of amides is 2. The molecule has 4 aromatic carbocycles. The number of carbonyl (C=O) groups is 3. The molecule has 0 aliphatic heterocycles. The van der Waals surface area contributed by atoms with Gasteiger partial charge in [0.15, 0.2) is 5.78 Å². The minimum atomic E-state index is -0.355. The number of hydrogen-bond donors (Lipinski definition) is 3. The van der Waals surface area contributed by atoms with Crippen molar-refractivity contribution in [1.29, 1.82) is 0 Å². The molecule has 0 heterocycles. The van der Waals surface area contributed by atoms with E-state index in [9.17, 15) is 14.4 Å². The van der Waals surface area contributed by atoms with E-state index in [1.165, 1.54) is 6.08 Å². The van der Waals surface area contributed by atoms with E-state index < -0.39 is 0 Å². The highest BCUT2D eigenvalue weighted by molar-refractivity contribution is 6.15. The topological polar surface area (TPSA) is 101 Å². The molecule has 0 bridgehead atoms. The largest absolute Gasteiger partial charge is 0.399 e. The number of nitrogens with one attached hydrogen (secondary N) is 2. The lowest BCUT2D eigenvalue weighted by Gasteiger charge is -2.13. The van der Waals surface area contributed by atoms with Gasteiger partial charge in [-0.15, -0.1) is 0 Å². The highest BCUT2D eigenvalue weighted by Gasteiger charge is 2.17. The van der Waals surface area contributed by atoms with Gasteiger partial charge in [0.05, 0.1) is 12.1 Å².